The van der Waals surface area contributed by atoms with Crippen LogP contribution in [0.15, 0.2) is 24.4 Å². The molecular formula is C16H23N5O2. The summed E-state index contributed by atoms with van der Waals surface area (Å²) in [5.41, 5.74) is 2.05. The Morgan fingerprint density at radius 1 is 1.48 bits per heavy atom. The number of hydrogen-bond donors (Lipinski definition) is 1. The molecule has 1 N–H and O–H groups in total. The topological polar surface area (TPSA) is 64.3 Å². The summed E-state index contributed by atoms with van der Waals surface area (Å²) < 4.78 is 9.37. The minimum absolute atomic E-state index is 0.0332. The predicted octanol–water partition coefficient (Wildman–Crippen LogP) is 1.08. The molecule has 1 atom stereocenters. The fourth-order valence-electron chi connectivity index (χ4n) is 3.01. The van der Waals surface area contributed by atoms with Gasteiger partial charge in [0.05, 0.1) is 31.5 Å². The van der Waals surface area contributed by atoms with Crippen LogP contribution in [0.25, 0.3) is 0 Å². The number of carbonyl (C=O) groups is 1. The first kappa shape index (κ1) is 15.8. The molecular weight excluding hydrogens is 294 g/mol. The molecule has 2 aromatic heterocycles. The zero-order valence-corrected chi connectivity index (χ0v) is 13.8. The van der Waals surface area contributed by atoms with E-state index in [-0.39, 0.29) is 11.9 Å². The highest BCUT2D eigenvalue weighted by molar-refractivity contribution is 5.91. The Bertz CT molecular complexity index is 690. The standard InChI is InChI=1S/C16H23N5O2/c1-12-9-15(20(3)18-12)17-16(22)10-21-7-8-23-11-14(21)13-5-4-6-19(13)2/h4-6,9,14H,7-8,10-11H2,1-3H3,(H,17,22)/t14-/m1/s1. The number of rotatable bonds is 4. The summed E-state index contributed by atoms with van der Waals surface area (Å²) in [5.74, 6) is 0.685. The van der Waals surface area contributed by atoms with Crippen molar-refractivity contribution in [3.63, 3.8) is 0 Å². The summed E-state index contributed by atoms with van der Waals surface area (Å²) in [5, 5.41) is 7.17. The van der Waals surface area contributed by atoms with Crippen LogP contribution >= 0.6 is 0 Å². The van der Waals surface area contributed by atoms with Gasteiger partial charge in [-0.2, -0.15) is 5.10 Å². The van der Waals surface area contributed by atoms with Gasteiger partial charge in [-0.15, -0.1) is 0 Å². The Kier molecular flexibility index (Phi) is 4.49. The number of ether oxygens (including phenoxy) is 1. The molecule has 0 radical (unpaired) electrons. The summed E-state index contributed by atoms with van der Waals surface area (Å²) >= 11 is 0. The molecule has 1 fully saturated rings. The molecule has 0 aliphatic carbocycles. The molecule has 0 aromatic carbocycles. The average Bonchev–Trinajstić information content (AvgIpc) is 3.05. The lowest BCUT2D eigenvalue weighted by Gasteiger charge is -2.35. The quantitative estimate of drug-likeness (QED) is 0.916. The first-order chi connectivity index (χ1) is 11.0. The lowest BCUT2D eigenvalue weighted by Crippen LogP contribution is -2.44. The van der Waals surface area contributed by atoms with Gasteiger partial charge in [-0.1, -0.05) is 0 Å². The van der Waals surface area contributed by atoms with E-state index in [9.17, 15) is 4.79 Å². The molecule has 0 bridgehead atoms. The lowest BCUT2D eigenvalue weighted by molar-refractivity contribution is -0.119. The zero-order chi connectivity index (χ0) is 16.4. The van der Waals surface area contributed by atoms with E-state index in [0.29, 0.717) is 19.8 Å². The number of anilines is 1. The number of hydrogen-bond acceptors (Lipinski definition) is 4. The van der Waals surface area contributed by atoms with Crippen molar-refractivity contribution in [2.45, 2.75) is 13.0 Å². The minimum Gasteiger partial charge on any atom is -0.378 e. The second-order valence-corrected chi connectivity index (χ2v) is 5.95. The molecule has 7 heteroatoms. The van der Waals surface area contributed by atoms with Crippen molar-refractivity contribution in [3.05, 3.63) is 35.8 Å². The number of carbonyl (C=O) groups excluding carboxylic acids is 1. The number of aryl methyl sites for hydroxylation is 3. The van der Waals surface area contributed by atoms with E-state index < -0.39 is 0 Å². The maximum atomic E-state index is 12.4. The van der Waals surface area contributed by atoms with E-state index in [4.69, 9.17) is 4.74 Å². The normalized spacial score (nSPS) is 19.0. The van der Waals surface area contributed by atoms with Crippen LogP contribution in [0.4, 0.5) is 5.82 Å². The molecule has 3 rings (SSSR count). The maximum absolute atomic E-state index is 12.4. The third-order valence-electron chi connectivity index (χ3n) is 4.18. The minimum atomic E-state index is -0.0332. The number of morpholine rings is 1. The molecule has 124 valence electrons. The van der Waals surface area contributed by atoms with Gasteiger partial charge in [0.1, 0.15) is 5.82 Å². The van der Waals surface area contributed by atoms with Gasteiger partial charge in [0.2, 0.25) is 5.91 Å². The summed E-state index contributed by atoms with van der Waals surface area (Å²) in [6.07, 6.45) is 2.01. The second-order valence-electron chi connectivity index (χ2n) is 5.95. The van der Waals surface area contributed by atoms with E-state index in [2.05, 4.69) is 25.9 Å². The van der Waals surface area contributed by atoms with Gasteiger partial charge in [0.15, 0.2) is 0 Å². The second kappa shape index (κ2) is 6.55. The van der Waals surface area contributed by atoms with Gasteiger partial charge in [-0.25, -0.2) is 0 Å². The average molecular weight is 317 g/mol. The Morgan fingerprint density at radius 2 is 2.30 bits per heavy atom. The van der Waals surface area contributed by atoms with Crippen LogP contribution in [0, 0.1) is 6.92 Å². The Labute approximate surface area is 135 Å². The fourth-order valence-corrected chi connectivity index (χ4v) is 3.01. The van der Waals surface area contributed by atoms with E-state index >= 15 is 0 Å². The van der Waals surface area contributed by atoms with Crippen molar-refractivity contribution >= 4 is 11.7 Å². The first-order valence-electron chi connectivity index (χ1n) is 7.78. The van der Waals surface area contributed by atoms with E-state index in [0.717, 1.165) is 23.8 Å². The van der Waals surface area contributed by atoms with Crippen LogP contribution in [-0.2, 0) is 23.6 Å². The lowest BCUT2D eigenvalue weighted by atomic mass is 10.1. The van der Waals surface area contributed by atoms with Crippen LogP contribution in [0.3, 0.4) is 0 Å². The van der Waals surface area contributed by atoms with Gasteiger partial charge in [-0.3, -0.25) is 14.4 Å². The van der Waals surface area contributed by atoms with Crippen LogP contribution < -0.4 is 5.32 Å². The molecule has 1 saturated heterocycles. The van der Waals surface area contributed by atoms with Crippen LogP contribution in [-0.4, -0.2) is 51.5 Å². The van der Waals surface area contributed by atoms with Crippen LogP contribution in [0.2, 0.25) is 0 Å². The number of amides is 1. The predicted molar refractivity (Wildman–Crippen MR) is 87.1 cm³/mol. The van der Waals surface area contributed by atoms with Gasteiger partial charge >= 0.3 is 0 Å². The molecule has 2 aromatic rings. The van der Waals surface area contributed by atoms with Gasteiger partial charge in [0, 0.05) is 38.6 Å². The molecule has 7 nitrogen and oxygen atoms in total. The molecule has 0 spiro atoms. The van der Waals surface area contributed by atoms with E-state index in [1.54, 1.807) is 4.68 Å². The smallest absolute Gasteiger partial charge is 0.239 e. The van der Waals surface area contributed by atoms with Crippen molar-refractivity contribution in [3.8, 4) is 0 Å². The molecule has 23 heavy (non-hydrogen) atoms. The monoisotopic (exact) mass is 317 g/mol. The molecule has 3 heterocycles. The maximum Gasteiger partial charge on any atom is 0.239 e. The number of nitrogens with zero attached hydrogens (tertiary/aromatic N) is 4. The SMILES string of the molecule is Cc1cc(NC(=O)CN2CCOC[C@@H]2c2cccn2C)n(C)n1. The van der Waals surface area contributed by atoms with Crippen molar-refractivity contribution < 1.29 is 9.53 Å². The van der Waals surface area contributed by atoms with Crippen molar-refractivity contribution in [1.29, 1.82) is 0 Å². The van der Waals surface area contributed by atoms with E-state index in [1.165, 1.54) is 0 Å². The van der Waals surface area contributed by atoms with Gasteiger partial charge in [-0.05, 0) is 19.1 Å². The van der Waals surface area contributed by atoms with Crippen LogP contribution in [0.1, 0.15) is 17.4 Å². The molecule has 0 saturated carbocycles. The molecule has 1 aliphatic rings. The fraction of sp³-hybridized carbons (Fsp3) is 0.500. The largest absolute Gasteiger partial charge is 0.378 e. The highest BCUT2D eigenvalue weighted by Gasteiger charge is 2.28. The third-order valence-corrected chi connectivity index (χ3v) is 4.18. The molecule has 0 unspecified atom stereocenters. The van der Waals surface area contributed by atoms with Gasteiger partial charge in [0.25, 0.3) is 0 Å². The summed E-state index contributed by atoms with van der Waals surface area (Å²) in [4.78, 5) is 14.6. The third kappa shape index (κ3) is 3.46. The van der Waals surface area contributed by atoms with E-state index in [1.807, 2.05) is 39.3 Å². The first-order valence-corrected chi connectivity index (χ1v) is 7.78. The summed E-state index contributed by atoms with van der Waals surface area (Å²) in [6.45, 7) is 4.25. The van der Waals surface area contributed by atoms with Crippen molar-refractivity contribution in [2.24, 2.45) is 14.1 Å². The number of nitrogens with one attached hydrogen (secondary N) is 1. The Morgan fingerprint density at radius 3 is 2.96 bits per heavy atom. The highest BCUT2D eigenvalue weighted by Crippen LogP contribution is 2.24. The summed E-state index contributed by atoms with van der Waals surface area (Å²) in [7, 11) is 3.84. The van der Waals surface area contributed by atoms with Gasteiger partial charge < -0.3 is 14.6 Å². The highest BCUT2D eigenvalue weighted by atomic mass is 16.5. The van der Waals surface area contributed by atoms with Crippen molar-refractivity contribution in [1.82, 2.24) is 19.2 Å². The Balaban J connectivity index is 1.68. The van der Waals surface area contributed by atoms with Crippen LogP contribution in [0.5, 0.6) is 0 Å². The Hall–Kier alpha value is -2.12. The molecule has 1 amide bonds. The molecule has 1 aliphatic heterocycles. The summed E-state index contributed by atoms with van der Waals surface area (Å²) in [6, 6.07) is 6.06. The number of aromatic nitrogens is 3. The zero-order valence-electron chi connectivity index (χ0n) is 13.8. The van der Waals surface area contributed by atoms with Crippen molar-refractivity contribution in [2.75, 3.05) is 31.6 Å².